The van der Waals surface area contributed by atoms with Crippen molar-refractivity contribution in [2.45, 2.75) is 0 Å². The van der Waals surface area contributed by atoms with Crippen molar-refractivity contribution < 1.29 is 4.79 Å². The first-order valence-electron chi connectivity index (χ1n) is 4.37. The van der Waals surface area contributed by atoms with Crippen LogP contribution in [0.2, 0.25) is 0 Å². The Labute approximate surface area is 88.7 Å². The van der Waals surface area contributed by atoms with Crippen LogP contribution in [0, 0.1) is 0 Å². The van der Waals surface area contributed by atoms with E-state index in [1.54, 1.807) is 11.9 Å². The molecule has 0 aliphatic rings. The summed E-state index contributed by atoms with van der Waals surface area (Å²) in [4.78, 5) is 13.0. The summed E-state index contributed by atoms with van der Waals surface area (Å²) in [5, 5.41) is 2.75. The highest BCUT2D eigenvalue weighted by atomic mass is 35.5. The fourth-order valence-corrected chi connectivity index (χ4v) is 1.22. The Hall–Kier alpha value is -1.22. The molecule has 1 rings (SSSR count). The molecule has 1 aromatic rings. The zero-order valence-electron chi connectivity index (χ0n) is 8.03. The molecule has 3 nitrogen and oxygen atoms in total. The van der Waals surface area contributed by atoms with Crippen LogP contribution in [-0.4, -0.2) is 30.4 Å². The molecule has 0 saturated carbocycles. The Morgan fingerprint density at radius 3 is 2.64 bits per heavy atom. The van der Waals surface area contributed by atoms with Crippen molar-refractivity contribution in [1.82, 2.24) is 4.90 Å². The molecule has 76 valence electrons. The lowest BCUT2D eigenvalue weighted by Crippen LogP contribution is -2.32. The summed E-state index contributed by atoms with van der Waals surface area (Å²) in [5.74, 6) is 0.443. The van der Waals surface area contributed by atoms with Crippen LogP contribution in [0.25, 0.3) is 0 Å². The molecule has 0 atom stereocenters. The van der Waals surface area contributed by atoms with E-state index >= 15 is 0 Å². The van der Waals surface area contributed by atoms with Gasteiger partial charge < -0.3 is 10.2 Å². The SMILES string of the molecule is CN(CCCl)C(=O)Nc1ccccc1. The first kappa shape index (κ1) is 10.9. The van der Waals surface area contributed by atoms with E-state index in [2.05, 4.69) is 5.32 Å². The number of urea groups is 1. The number of carbonyl (C=O) groups excluding carboxylic acids is 1. The van der Waals surface area contributed by atoms with Crippen molar-refractivity contribution in [3.05, 3.63) is 30.3 Å². The van der Waals surface area contributed by atoms with Gasteiger partial charge in [0.05, 0.1) is 0 Å². The van der Waals surface area contributed by atoms with Crippen LogP contribution in [0.3, 0.4) is 0 Å². The third kappa shape index (κ3) is 3.26. The minimum atomic E-state index is -0.142. The summed E-state index contributed by atoms with van der Waals surface area (Å²) < 4.78 is 0. The van der Waals surface area contributed by atoms with Crippen LogP contribution in [0.5, 0.6) is 0 Å². The molecule has 0 radical (unpaired) electrons. The van der Waals surface area contributed by atoms with Gasteiger partial charge in [0.2, 0.25) is 0 Å². The second kappa shape index (κ2) is 5.50. The minimum Gasteiger partial charge on any atom is -0.326 e. The van der Waals surface area contributed by atoms with Gasteiger partial charge >= 0.3 is 6.03 Å². The Bertz CT molecular complexity index is 289. The van der Waals surface area contributed by atoms with E-state index in [9.17, 15) is 4.79 Å². The zero-order chi connectivity index (χ0) is 10.4. The Balaban J connectivity index is 2.49. The monoisotopic (exact) mass is 212 g/mol. The number of alkyl halides is 1. The first-order valence-corrected chi connectivity index (χ1v) is 4.90. The van der Waals surface area contributed by atoms with Crippen molar-refractivity contribution in [1.29, 1.82) is 0 Å². The summed E-state index contributed by atoms with van der Waals surface area (Å²) in [6.45, 7) is 0.542. The fourth-order valence-electron chi connectivity index (χ4n) is 0.969. The lowest BCUT2D eigenvalue weighted by Gasteiger charge is -2.16. The maximum Gasteiger partial charge on any atom is 0.321 e. The largest absolute Gasteiger partial charge is 0.326 e. The van der Waals surface area contributed by atoms with Gasteiger partial charge in [-0.15, -0.1) is 11.6 Å². The van der Waals surface area contributed by atoms with E-state index in [0.29, 0.717) is 12.4 Å². The quantitative estimate of drug-likeness (QED) is 0.767. The molecular weight excluding hydrogens is 200 g/mol. The Morgan fingerprint density at radius 2 is 2.07 bits per heavy atom. The first-order chi connectivity index (χ1) is 6.74. The number of para-hydroxylation sites is 1. The highest BCUT2D eigenvalue weighted by molar-refractivity contribution is 6.18. The molecule has 0 bridgehead atoms. The summed E-state index contributed by atoms with van der Waals surface area (Å²) in [6, 6.07) is 9.18. The zero-order valence-corrected chi connectivity index (χ0v) is 8.79. The van der Waals surface area contributed by atoms with Gasteiger partial charge in [-0.3, -0.25) is 0 Å². The summed E-state index contributed by atoms with van der Waals surface area (Å²) >= 11 is 5.52. The lowest BCUT2D eigenvalue weighted by atomic mass is 10.3. The number of amides is 2. The molecule has 4 heteroatoms. The third-order valence-corrected chi connectivity index (χ3v) is 1.96. The van der Waals surface area contributed by atoms with Gasteiger partial charge in [0.1, 0.15) is 0 Å². The molecule has 2 amide bonds. The fraction of sp³-hybridized carbons (Fsp3) is 0.300. The van der Waals surface area contributed by atoms with Gasteiger partial charge in [0.15, 0.2) is 0 Å². The van der Waals surface area contributed by atoms with E-state index in [4.69, 9.17) is 11.6 Å². The molecule has 0 fully saturated rings. The highest BCUT2D eigenvalue weighted by Crippen LogP contribution is 2.05. The lowest BCUT2D eigenvalue weighted by molar-refractivity contribution is 0.225. The average molecular weight is 213 g/mol. The normalized spacial score (nSPS) is 9.57. The second-order valence-corrected chi connectivity index (χ2v) is 3.28. The number of rotatable bonds is 3. The van der Waals surface area contributed by atoms with Crippen LogP contribution in [-0.2, 0) is 0 Å². The molecule has 0 saturated heterocycles. The standard InChI is InChI=1S/C10H13ClN2O/c1-13(8-7-11)10(14)12-9-5-3-2-4-6-9/h2-6H,7-8H2,1H3,(H,12,14). The van der Waals surface area contributed by atoms with Crippen LogP contribution < -0.4 is 5.32 Å². The number of nitrogens with one attached hydrogen (secondary N) is 1. The van der Waals surface area contributed by atoms with Gasteiger partial charge in [0, 0.05) is 25.2 Å². The molecular formula is C10H13ClN2O. The van der Waals surface area contributed by atoms with Crippen LogP contribution in [0.4, 0.5) is 10.5 Å². The Kier molecular flexibility index (Phi) is 4.26. The maximum absolute atomic E-state index is 11.5. The number of hydrogen-bond acceptors (Lipinski definition) is 1. The average Bonchev–Trinajstić information content (AvgIpc) is 2.19. The molecule has 0 aliphatic heterocycles. The number of hydrogen-bond donors (Lipinski definition) is 1. The molecule has 0 aromatic heterocycles. The van der Waals surface area contributed by atoms with Gasteiger partial charge in [-0.05, 0) is 12.1 Å². The molecule has 0 unspecified atom stereocenters. The smallest absolute Gasteiger partial charge is 0.321 e. The van der Waals surface area contributed by atoms with Crippen molar-refractivity contribution in [3.8, 4) is 0 Å². The van der Waals surface area contributed by atoms with Gasteiger partial charge in [-0.1, -0.05) is 18.2 Å². The number of anilines is 1. The van der Waals surface area contributed by atoms with Crippen molar-refractivity contribution in [3.63, 3.8) is 0 Å². The number of benzene rings is 1. The van der Waals surface area contributed by atoms with Gasteiger partial charge in [0.25, 0.3) is 0 Å². The Morgan fingerprint density at radius 1 is 1.43 bits per heavy atom. The number of carbonyl (C=O) groups is 1. The van der Waals surface area contributed by atoms with Crippen molar-refractivity contribution in [2.75, 3.05) is 24.8 Å². The molecule has 1 aromatic carbocycles. The maximum atomic E-state index is 11.5. The molecule has 1 N–H and O–H groups in total. The molecule has 14 heavy (non-hydrogen) atoms. The summed E-state index contributed by atoms with van der Waals surface area (Å²) in [5.41, 5.74) is 0.791. The van der Waals surface area contributed by atoms with Crippen LogP contribution in [0.1, 0.15) is 0 Å². The molecule has 0 heterocycles. The van der Waals surface area contributed by atoms with Crippen LogP contribution >= 0.6 is 11.6 Å². The predicted octanol–water partition coefficient (Wildman–Crippen LogP) is 2.39. The van der Waals surface area contributed by atoms with E-state index in [-0.39, 0.29) is 6.03 Å². The summed E-state index contributed by atoms with van der Waals surface area (Å²) in [7, 11) is 1.71. The van der Waals surface area contributed by atoms with Gasteiger partial charge in [-0.2, -0.15) is 0 Å². The molecule has 0 aliphatic carbocycles. The minimum absolute atomic E-state index is 0.142. The third-order valence-electron chi connectivity index (χ3n) is 1.79. The summed E-state index contributed by atoms with van der Waals surface area (Å²) in [6.07, 6.45) is 0. The van der Waals surface area contributed by atoms with E-state index in [0.717, 1.165) is 5.69 Å². The number of halogens is 1. The van der Waals surface area contributed by atoms with Crippen molar-refractivity contribution >= 4 is 23.3 Å². The molecule has 0 spiro atoms. The van der Waals surface area contributed by atoms with Gasteiger partial charge in [-0.25, -0.2) is 4.79 Å². The predicted molar refractivity (Wildman–Crippen MR) is 58.8 cm³/mol. The van der Waals surface area contributed by atoms with E-state index < -0.39 is 0 Å². The topological polar surface area (TPSA) is 32.3 Å². The second-order valence-electron chi connectivity index (χ2n) is 2.91. The van der Waals surface area contributed by atoms with E-state index in [1.807, 2.05) is 30.3 Å². The van der Waals surface area contributed by atoms with E-state index in [1.165, 1.54) is 0 Å². The van der Waals surface area contributed by atoms with Crippen LogP contribution in [0.15, 0.2) is 30.3 Å². The number of nitrogens with zero attached hydrogens (tertiary/aromatic N) is 1. The van der Waals surface area contributed by atoms with Crippen molar-refractivity contribution in [2.24, 2.45) is 0 Å². The highest BCUT2D eigenvalue weighted by Gasteiger charge is 2.06.